The van der Waals surface area contributed by atoms with Crippen molar-refractivity contribution >= 4 is 41.0 Å². The van der Waals surface area contributed by atoms with Crippen LogP contribution >= 0.6 is 11.6 Å². The van der Waals surface area contributed by atoms with Crippen molar-refractivity contribution in [2.45, 2.75) is 20.0 Å². The Kier molecular flexibility index (Phi) is 10.9. The minimum Gasteiger partial charge on any atom is -0.357 e. The molecule has 2 rings (SSSR count). The van der Waals surface area contributed by atoms with E-state index in [4.69, 9.17) is 11.6 Å². The van der Waals surface area contributed by atoms with Gasteiger partial charge in [-0.2, -0.15) is 0 Å². The number of benzene rings is 2. The molecule has 0 aliphatic heterocycles. The summed E-state index contributed by atoms with van der Waals surface area (Å²) in [6.07, 6.45) is 2.71. The van der Waals surface area contributed by atoms with E-state index in [9.17, 15) is 9.59 Å². The predicted octanol–water partition coefficient (Wildman–Crippen LogP) is 4.45. The predicted molar refractivity (Wildman–Crippen MR) is 149 cm³/mol. The first kappa shape index (κ1) is 28.4. The number of carbonyl (C=O) groups excluding carboxylic acids is 2. The highest BCUT2D eigenvalue weighted by atomic mass is 35.5. The van der Waals surface area contributed by atoms with Crippen molar-refractivity contribution in [3.05, 3.63) is 94.9 Å². The number of amides is 2. The van der Waals surface area contributed by atoms with Gasteiger partial charge < -0.3 is 26.2 Å². The van der Waals surface area contributed by atoms with Gasteiger partial charge in [-0.3, -0.25) is 9.59 Å². The molecule has 9 heteroatoms. The van der Waals surface area contributed by atoms with Crippen LogP contribution in [0.4, 0.5) is 11.4 Å². The molecule has 8 nitrogen and oxygen atoms in total. The third-order valence-corrected chi connectivity index (χ3v) is 5.32. The van der Waals surface area contributed by atoms with E-state index in [1.807, 2.05) is 55.4 Å². The second kappa shape index (κ2) is 13.9. The van der Waals surface area contributed by atoms with Gasteiger partial charge in [-0.05, 0) is 62.5 Å². The highest BCUT2D eigenvalue weighted by molar-refractivity contribution is 6.39. The van der Waals surface area contributed by atoms with Crippen molar-refractivity contribution in [1.82, 2.24) is 15.5 Å². The summed E-state index contributed by atoms with van der Waals surface area (Å²) < 4.78 is 0. The van der Waals surface area contributed by atoms with Gasteiger partial charge in [0.1, 0.15) is 5.82 Å². The quantitative estimate of drug-likeness (QED) is 0.251. The van der Waals surface area contributed by atoms with Gasteiger partial charge in [-0.25, -0.2) is 4.99 Å². The fourth-order valence-electron chi connectivity index (χ4n) is 3.20. The van der Waals surface area contributed by atoms with E-state index < -0.39 is 0 Å². The number of anilines is 2. The Labute approximate surface area is 217 Å². The molecule has 0 atom stereocenters. The molecule has 0 bridgehead atoms. The van der Waals surface area contributed by atoms with Crippen LogP contribution in [-0.4, -0.2) is 44.1 Å². The first-order valence-corrected chi connectivity index (χ1v) is 11.6. The van der Waals surface area contributed by atoms with Crippen molar-refractivity contribution in [1.29, 1.82) is 0 Å². The highest BCUT2D eigenvalue weighted by Gasteiger charge is 2.12. The summed E-state index contributed by atoms with van der Waals surface area (Å²) in [6, 6.07) is 13.2. The topological polar surface area (TPSA) is 97.9 Å². The molecule has 0 aliphatic carbocycles. The summed E-state index contributed by atoms with van der Waals surface area (Å²) in [6.45, 7) is 10.3. The first-order valence-electron chi connectivity index (χ1n) is 11.2. The van der Waals surface area contributed by atoms with Crippen LogP contribution < -0.4 is 21.3 Å². The van der Waals surface area contributed by atoms with E-state index in [1.54, 1.807) is 20.0 Å². The Balaban J connectivity index is 2.12. The zero-order valence-electron chi connectivity index (χ0n) is 21.1. The van der Waals surface area contributed by atoms with Crippen molar-refractivity contribution in [3.63, 3.8) is 0 Å². The maximum absolute atomic E-state index is 12.3. The normalized spacial score (nSPS) is 11.6. The van der Waals surface area contributed by atoms with Gasteiger partial charge in [0.05, 0.1) is 16.3 Å². The maximum Gasteiger partial charge on any atom is 0.253 e. The third-order valence-electron chi connectivity index (χ3n) is 4.94. The zero-order valence-corrected chi connectivity index (χ0v) is 21.9. The van der Waals surface area contributed by atoms with E-state index in [0.717, 1.165) is 23.4 Å². The molecule has 0 heterocycles. The molecule has 0 radical (unpaired) electrons. The van der Waals surface area contributed by atoms with Gasteiger partial charge in [0, 0.05) is 37.7 Å². The number of hydrogen-bond donors (Lipinski definition) is 4. The summed E-state index contributed by atoms with van der Waals surface area (Å²) in [5.74, 6) is -0.0535. The minimum atomic E-state index is -0.236. The number of nitrogens with zero attached hydrogens (tertiary/aromatic N) is 2. The molecular weight excluding hydrogens is 476 g/mol. The number of halogens is 1. The molecule has 0 fully saturated rings. The van der Waals surface area contributed by atoms with Crippen molar-refractivity contribution in [2.24, 2.45) is 4.99 Å². The minimum absolute atomic E-state index is 0.199. The van der Waals surface area contributed by atoms with Crippen LogP contribution in [0.3, 0.4) is 0 Å². The SMILES string of the molecule is C=CC(=O)NCc1cccc(NC(=C)/N=C\C(Cl)=C(/C)Nc2cc(CN(C)C)ccc2C(=O)NC)c1. The Bertz CT molecular complexity index is 1190. The van der Waals surface area contributed by atoms with Gasteiger partial charge in [0.25, 0.3) is 5.91 Å². The Hall–Kier alpha value is -3.88. The van der Waals surface area contributed by atoms with E-state index in [-0.39, 0.29) is 11.8 Å². The molecule has 0 unspecified atom stereocenters. The highest BCUT2D eigenvalue weighted by Crippen LogP contribution is 2.22. The number of rotatable bonds is 12. The van der Waals surface area contributed by atoms with E-state index >= 15 is 0 Å². The fourth-order valence-corrected chi connectivity index (χ4v) is 3.30. The Morgan fingerprint density at radius 1 is 1.11 bits per heavy atom. The number of hydrogen-bond acceptors (Lipinski definition) is 6. The molecule has 0 aromatic heterocycles. The van der Waals surface area contributed by atoms with Crippen LogP contribution in [0.15, 0.2) is 83.2 Å². The molecule has 2 aromatic carbocycles. The first-order chi connectivity index (χ1) is 17.1. The third kappa shape index (κ3) is 9.05. The average Bonchev–Trinajstić information content (AvgIpc) is 2.85. The molecular formula is C27H33ClN6O2. The maximum atomic E-state index is 12.3. The molecule has 0 aliphatic rings. The van der Waals surface area contributed by atoms with E-state index in [1.165, 1.54) is 12.3 Å². The summed E-state index contributed by atoms with van der Waals surface area (Å²) in [5.41, 5.74) is 4.52. The van der Waals surface area contributed by atoms with Crippen LogP contribution in [0, 0.1) is 0 Å². The Morgan fingerprint density at radius 2 is 1.86 bits per heavy atom. The lowest BCUT2D eigenvalue weighted by molar-refractivity contribution is -0.116. The summed E-state index contributed by atoms with van der Waals surface area (Å²) >= 11 is 6.47. The van der Waals surface area contributed by atoms with Gasteiger partial charge in [-0.1, -0.05) is 43.0 Å². The van der Waals surface area contributed by atoms with Gasteiger partial charge in [0.2, 0.25) is 5.91 Å². The Morgan fingerprint density at radius 3 is 2.53 bits per heavy atom. The number of carbonyl (C=O) groups is 2. The van der Waals surface area contributed by atoms with Gasteiger partial charge >= 0.3 is 0 Å². The zero-order chi connectivity index (χ0) is 26.7. The number of aliphatic imine (C=N–C) groups is 1. The second-order valence-corrected chi connectivity index (χ2v) is 8.65. The fraction of sp³-hybridized carbons (Fsp3) is 0.222. The van der Waals surface area contributed by atoms with Crippen LogP contribution in [0.2, 0.25) is 0 Å². The van der Waals surface area contributed by atoms with E-state index in [2.05, 4.69) is 39.4 Å². The number of nitrogens with one attached hydrogen (secondary N) is 4. The van der Waals surface area contributed by atoms with Crippen molar-refractivity contribution in [2.75, 3.05) is 31.8 Å². The lowest BCUT2D eigenvalue weighted by atomic mass is 10.1. The molecule has 36 heavy (non-hydrogen) atoms. The van der Waals surface area contributed by atoms with Crippen LogP contribution in [-0.2, 0) is 17.9 Å². The number of allylic oxidation sites excluding steroid dienone is 2. The molecule has 0 saturated carbocycles. The average molecular weight is 509 g/mol. The smallest absolute Gasteiger partial charge is 0.253 e. The van der Waals surface area contributed by atoms with Gasteiger partial charge in [0.15, 0.2) is 0 Å². The standard InChI is InChI=1S/C27H33ClN6O2/c1-7-26(35)31-15-20-9-8-10-22(13-20)33-19(3)30-16-24(28)18(2)32-25-14-21(17-34(5)6)11-12-23(25)27(36)29-4/h7-14,16,32-33H,1,3,15,17H2,2,4-6H3,(H,29,36)(H,31,35)/b24-18-,30-16-. The van der Waals surface area contributed by atoms with Crippen LogP contribution in [0.5, 0.6) is 0 Å². The largest absolute Gasteiger partial charge is 0.357 e. The lowest BCUT2D eigenvalue weighted by Crippen LogP contribution is -2.20. The van der Waals surface area contributed by atoms with Crippen molar-refractivity contribution in [3.8, 4) is 0 Å². The summed E-state index contributed by atoms with van der Waals surface area (Å²) in [4.78, 5) is 30.1. The van der Waals surface area contributed by atoms with Crippen LogP contribution in [0.1, 0.15) is 28.4 Å². The molecule has 0 saturated heterocycles. The summed E-state index contributed by atoms with van der Waals surface area (Å²) in [7, 11) is 5.56. The molecule has 4 N–H and O–H groups in total. The lowest BCUT2D eigenvalue weighted by Gasteiger charge is -2.16. The molecule has 2 amide bonds. The molecule has 0 spiro atoms. The summed E-state index contributed by atoms with van der Waals surface area (Å²) in [5, 5.41) is 12.1. The monoisotopic (exact) mass is 508 g/mol. The molecule has 2 aromatic rings. The van der Waals surface area contributed by atoms with Crippen LogP contribution in [0.25, 0.3) is 0 Å². The van der Waals surface area contributed by atoms with Crippen molar-refractivity contribution < 1.29 is 9.59 Å². The second-order valence-electron chi connectivity index (χ2n) is 8.25. The van der Waals surface area contributed by atoms with Gasteiger partial charge in [-0.15, -0.1) is 0 Å². The molecule has 190 valence electrons. The van der Waals surface area contributed by atoms with E-state index in [0.29, 0.717) is 34.3 Å².